The third-order valence-corrected chi connectivity index (χ3v) is 4.18. The van der Waals surface area contributed by atoms with Crippen molar-refractivity contribution in [3.8, 4) is 0 Å². The van der Waals surface area contributed by atoms with E-state index < -0.39 is 10.0 Å². The van der Waals surface area contributed by atoms with Crippen molar-refractivity contribution < 1.29 is 8.42 Å². The highest BCUT2D eigenvalue weighted by molar-refractivity contribution is 7.92. The third-order valence-electron chi connectivity index (χ3n) is 2.70. The number of rotatable bonds is 5. The molecule has 5 heteroatoms. The van der Waals surface area contributed by atoms with E-state index in [1.54, 1.807) is 42.5 Å². The number of benzene rings is 2. The molecule has 0 saturated carbocycles. The Bertz CT molecular complexity index is 640. The van der Waals surface area contributed by atoms with E-state index in [9.17, 15) is 8.42 Å². The lowest BCUT2D eigenvalue weighted by Crippen LogP contribution is -2.16. The van der Waals surface area contributed by atoms with Gasteiger partial charge in [-0.2, -0.15) is 0 Å². The van der Waals surface area contributed by atoms with Crippen LogP contribution in [0.4, 0.5) is 5.69 Å². The van der Waals surface area contributed by atoms with Gasteiger partial charge in [-0.1, -0.05) is 36.4 Å². The van der Waals surface area contributed by atoms with Crippen LogP contribution in [0.15, 0.2) is 59.5 Å². The molecule has 0 aliphatic rings. The maximum atomic E-state index is 12.3. The molecule has 0 aliphatic heterocycles. The van der Waals surface area contributed by atoms with Crippen molar-refractivity contribution in [3.05, 3.63) is 60.2 Å². The minimum Gasteiger partial charge on any atom is -0.330 e. The first-order valence-electron chi connectivity index (χ1n) is 5.99. The lowest BCUT2D eigenvalue weighted by molar-refractivity contribution is 0.600. The van der Waals surface area contributed by atoms with Crippen molar-refractivity contribution >= 4 is 15.7 Å². The average molecular weight is 276 g/mol. The largest absolute Gasteiger partial charge is 0.330 e. The molecule has 100 valence electrons. The van der Waals surface area contributed by atoms with Gasteiger partial charge in [0.15, 0.2) is 0 Å². The molecule has 2 rings (SSSR count). The van der Waals surface area contributed by atoms with E-state index in [4.69, 9.17) is 5.73 Å². The Hall–Kier alpha value is -1.85. The Morgan fingerprint density at radius 2 is 1.58 bits per heavy atom. The molecule has 3 N–H and O–H groups in total. The molecule has 0 saturated heterocycles. The van der Waals surface area contributed by atoms with Crippen LogP contribution < -0.4 is 10.5 Å². The van der Waals surface area contributed by atoms with Gasteiger partial charge in [0.2, 0.25) is 0 Å². The molecule has 2 aromatic carbocycles. The summed E-state index contributed by atoms with van der Waals surface area (Å²) in [5.41, 5.74) is 6.79. The quantitative estimate of drug-likeness (QED) is 0.877. The Morgan fingerprint density at radius 3 is 2.26 bits per heavy atom. The molecule has 0 unspecified atom stereocenters. The highest BCUT2D eigenvalue weighted by Crippen LogP contribution is 2.19. The fraction of sp³-hybridized carbons (Fsp3) is 0.143. The monoisotopic (exact) mass is 276 g/mol. The van der Waals surface area contributed by atoms with Gasteiger partial charge >= 0.3 is 0 Å². The first-order valence-corrected chi connectivity index (χ1v) is 7.47. The van der Waals surface area contributed by atoms with E-state index >= 15 is 0 Å². The normalized spacial score (nSPS) is 11.2. The summed E-state index contributed by atoms with van der Waals surface area (Å²) in [6, 6.07) is 15.7. The van der Waals surface area contributed by atoms with Crippen LogP contribution in [0.1, 0.15) is 5.56 Å². The number of sulfonamides is 1. The van der Waals surface area contributed by atoms with Crippen molar-refractivity contribution in [1.82, 2.24) is 0 Å². The highest BCUT2D eigenvalue weighted by Gasteiger charge is 2.17. The second-order valence-electron chi connectivity index (χ2n) is 4.12. The number of hydrogen-bond acceptors (Lipinski definition) is 3. The topological polar surface area (TPSA) is 72.2 Å². The van der Waals surface area contributed by atoms with Crippen molar-refractivity contribution in [2.24, 2.45) is 5.73 Å². The van der Waals surface area contributed by atoms with Gasteiger partial charge < -0.3 is 5.73 Å². The van der Waals surface area contributed by atoms with Crippen LogP contribution in [-0.4, -0.2) is 15.0 Å². The number of para-hydroxylation sites is 1. The standard InChI is InChI=1S/C14H16N2O2S/c15-11-10-12-6-4-5-9-14(12)19(17,18)16-13-7-2-1-3-8-13/h1-9,16H,10-11,15H2. The minimum absolute atomic E-state index is 0.282. The van der Waals surface area contributed by atoms with E-state index in [0.29, 0.717) is 18.7 Å². The van der Waals surface area contributed by atoms with E-state index in [1.165, 1.54) is 0 Å². The fourth-order valence-electron chi connectivity index (χ4n) is 1.84. The molecule has 0 atom stereocenters. The lowest BCUT2D eigenvalue weighted by atomic mass is 10.1. The van der Waals surface area contributed by atoms with Gasteiger partial charge in [0.25, 0.3) is 10.0 Å². The van der Waals surface area contributed by atoms with Crippen LogP contribution in [0.5, 0.6) is 0 Å². The van der Waals surface area contributed by atoms with Crippen LogP contribution in [0, 0.1) is 0 Å². The summed E-state index contributed by atoms with van der Waals surface area (Å²) >= 11 is 0. The number of anilines is 1. The summed E-state index contributed by atoms with van der Waals surface area (Å²) in [7, 11) is -3.57. The van der Waals surface area contributed by atoms with Gasteiger partial charge in [-0.15, -0.1) is 0 Å². The summed E-state index contributed by atoms with van der Waals surface area (Å²) in [4.78, 5) is 0.282. The molecule has 4 nitrogen and oxygen atoms in total. The number of nitrogens with one attached hydrogen (secondary N) is 1. The van der Waals surface area contributed by atoms with Gasteiger partial charge in [0, 0.05) is 5.69 Å². The zero-order chi connectivity index (χ0) is 13.7. The van der Waals surface area contributed by atoms with Crippen LogP contribution in [0.3, 0.4) is 0 Å². The first kappa shape index (κ1) is 13.6. The van der Waals surface area contributed by atoms with Gasteiger partial charge in [0.05, 0.1) is 4.90 Å². The Kier molecular flexibility index (Phi) is 4.19. The maximum absolute atomic E-state index is 12.3. The molecule has 0 aliphatic carbocycles. The maximum Gasteiger partial charge on any atom is 0.262 e. The van der Waals surface area contributed by atoms with Crippen LogP contribution >= 0.6 is 0 Å². The number of hydrogen-bond donors (Lipinski definition) is 2. The van der Waals surface area contributed by atoms with Gasteiger partial charge in [-0.05, 0) is 36.7 Å². The van der Waals surface area contributed by atoms with Crippen LogP contribution in [-0.2, 0) is 16.4 Å². The minimum atomic E-state index is -3.57. The summed E-state index contributed by atoms with van der Waals surface area (Å²) in [5.74, 6) is 0. The highest BCUT2D eigenvalue weighted by atomic mass is 32.2. The zero-order valence-corrected chi connectivity index (χ0v) is 11.2. The van der Waals surface area contributed by atoms with Gasteiger partial charge in [-0.3, -0.25) is 4.72 Å². The average Bonchev–Trinajstić information content (AvgIpc) is 2.40. The molecule has 0 aromatic heterocycles. The Balaban J connectivity index is 2.35. The van der Waals surface area contributed by atoms with Crippen molar-refractivity contribution in [2.75, 3.05) is 11.3 Å². The molecule has 0 spiro atoms. The van der Waals surface area contributed by atoms with Crippen LogP contribution in [0.25, 0.3) is 0 Å². The van der Waals surface area contributed by atoms with Crippen molar-refractivity contribution in [2.45, 2.75) is 11.3 Å². The molecular formula is C14H16N2O2S. The molecule has 0 fully saturated rings. The molecule has 0 bridgehead atoms. The van der Waals surface area contributed by atoms with Gasteiger partial charge in [-0.25, -0.2) is 8.42 Å². The zero-order valence-electron chi connectivity index (χ0n) is 10.4. The molecule has 19 heavy (non-hydrogen) atoms. The van der Waals surface area contributed by atoms with E-state index in [0.717, 1.165) is 5.56 Å². The summed E-state index contributed by atoms with van der Waals surface area (Å²) in [5, 5.41) is 0. The Morgan fingerprint density at radius 1 is 0.947 bits per heavy atom. The van der Waals surface area contributed by atoms with E-state index in [2.05, 4.69) is 4.72 Å². The van der Waals surface area contributed by atoms with E-state index in [1.807, 2.05) is 12.1 Å². The SMILES string of the molecule is NCCc1ccccc1S(=O)(=O)Nc1ccccc1. The molecule has 0 heterocycles. The van der Waals surface area contributed by atoms with Crippen molar-refractivity contribution in [1.29, 1.82) is 0 Å². The second-order valence-corrected chi connectivity index (χ2v) is 5.77. The van der Waals surface area contributed by atoms with E-state index in [-0.39, 0.29) is 4.90 Å². The molecule has 0 amide bonds. The van der Waals surface area contributed by atoms with Crippen molar-refractivity contribution in [3.63, 3.8) is 0 Å². The first-order chi connectivity index (χ1) is 9.13. The van der Waals surface area contributed by atoms with Gasteiger partial charge in [0.1, 0.15) is 0 Å². The predicted molar refractivity (Wildman–Crippen MR) is 76.5 cm³/mol. The summed E-state index contributed by atoms with van der Waals surface area (Å²) in [6.07, 6.45) is 0.534. The smallest absolute Gasteiger partial charge is 0.262 e. The Labute approximate surface area is 113 Å². The second kappa shape index (κ2) is 5.86. The summed E-state index contributed by atoms with van der Waals surface area (Å²) in [6.45, 7) is 0.415. The molecule has 2 aromatic rings. The van der Waals surface area contributed by atoms with Crippen LogP contribution in [0.2, 0.25) is 0 Å². The lowest BCUT2D eigenvalue weighted by Gasteiger charge is -2.11. The molecule has 0 radical (unpaired) electrons. The third kappa shape index (κ3) is 3.33. The number of nitrogens with two attached hydrogens (primary N) is 1. The predicted octanol–water partition coefficient (Wildman–Crippen LogP) is 1.99. The summed E-state index contributed by atoms with van der Waals surface area (Å²) < 4.78 is 27.3. The molecular weight excluding hydrogens is 260 g/mol. The fourth-order valence-corrected chi connectivity index (χ4v) is 3.17.